The SMILES string of the molecule is CCNC(=NCc1cc(C(C)C)no1)N1CCN(c2cc(F)ccc2F)CC1. The summed E-state index contributed by atoms with van der Waals surface area (Å²) in [6, 6.07) is 5.49. The van der Waals surface area contributed by atoms with Crippen LogP contribution in [0, 0.1) is 11.6 Å². The molecule has 6 nitrogen and oxygen atoms in total. The Bertz CT molecular complexity index is 813. The summed E-state index contributed by atoms with van der Waals surface area (Å²) >= 11 is 0. The lowest BCUT2D eigenvalue weighted by atomic mass is 10.1. The molecule has 0 radical (unpaired) electrons. The third kappa shape index (κ3) is 4.79. The number of aromatic nitrogens is 1. The monoisotopic (exact) mass is 391 g/mol. The highest BCUT2D eigenvalue weighted by molar-refractivity contribution is 5.80. The van der Waals surface area contributed by atoms with Gasteiger partial charge >= 0.3 is 0 Å². The van der Waals surface area contributed by atoms with Crippen molar-refractivity contribution in [3.8, 4) is 0 Å². The molecule has 1 aliphatic rings. The van der Waals surface area contributed by atoms with Gasteiger partial charge in [-0.3, -0.25) is 0 Å². The van der Waals surface area contributed by atoms with Crippen LogP contribution in [0.2, 0.25) is 0 Å². The number of nitrogens with one attached hydrogen (secondary N) is 1. The van der Waals surface area contributed by atoms with E-state index in [-0.39, 0.29) is 0 Å². The van der Waals surface area contributed by atoms with Crippen molar-refractivity contribution in [1.82, 2.24) is 15.4 Å². The Morgan fingerprint density at radius 3 is 2.61 bits per heavy atom. The Labute approximate surface area is 164 Å². The van der Waals surface area contributed by atoms with E-state index in [4.69, 9.17) is 4.52 Å². The Hall–Kier alpha value is -2.64. The summed E-state index contributed by atoms with van der Waals surface area (Å²) < 4.78 is 32.8. The molecule has 0 bridgehead atoms. The van der Waals surface area contributed by atoms with Crippen LogP contribution in [0.3, 0.4) is 0 Å². The maximum atomic E-state index is 14.0. The van der Waals surface area contributed by atoms with Crippen molar-refractivity contribution in [2.75, 3.05) is 37.6 Å². The van der Waals surface area contributed by atoms with Gasteiger partial charge in [0.15, 0.2) is 11.7 Å². The van der Waals surface area contributed by atoms with Crippen LogP contribution in [0.15, 0.2) is 33.8 Å². The number of halogens is 2. The maximum Gasteiger partial charge on any atom is 0.194 e. The molecule has 0 aliphatic carbocycles. The normalized spacial score (nSPS) is 15.4. The molecular formula is C20H27F2N5O. The zero-order chi connectivity index (χ0) is 20.1. The highest BCUT2D eigenvalue weighted by Gasteiger charge is 2.22. The van der Waals surface area contributed by atoms with Crippen LogP contribution in [0.1, 0.15) is 38.1 Å². The fourth-order valence-corrected chi connectivity index (χ4v) is 3.14. The van der Waals surface area contributed by atoms with Crippen LogP contribution >= 0.6 is 0 Å². The molecule has 1 aromatic heterocycles. The largest absolute Gasteiger partial charge is 0.366 e. The summed E-state index contributed by atoms with van der Waals surface area (Å²) in [5.74, 6) is 0.984. The average Bonchev–Trinajstić information content (AvgIpc) is 3.17. The summed E-state index contributed by atoms with van der Waals surface area (Å²) in [4.78, 5) is 8.64. The van der Waals surface area contributed by atoms with Gasteiger partial charge in [-0.2, -0.15) is 0 Å². The van der Waals surface area contributed by atoms with E-state index in [9.17, 15) is 8.78 Å². The van der Waals surface area contributed by atoms with Gasteiger partial charge in [-0.15, -0.1) is 0 Å². The van der Waals surface area contributed by atoms with Crippen LogP contribution in [-0.2, 0) is 6.54 Å². The van der Waals surface area contributed by atoms with Crippen LogP contribution in [0.4, 0.5) is 14.5 Å². The lowest BCUT2D eigenvalue weighted by Crippen LogP contribution is -2.52. The van der Waals surface area contributed by atoms with Gasteiger partial charge < -0.3 is 19.6 Å². The van der Waals surface area contributed by atoms with E-state index in [1.54, 1.807) is 0 Å². The van der Waals surface area contributed by atoms with Gasteiger partial charge in [-0.1, -0.05) is 19.0 Å². The molecule has 1 aliphatic heterocycles. The fourth-order valence-electron chi connectivity index (χ4n) is 3.14. The summed E-state index contributed by atoms with van der Waals surface area (Å²) in [6.45, 7) is 9.79. The lowest BCUT2D eigenvalue weighted by Gasteiger charge is -2.37. The Morgan fingerprint density at radius 1 is 1.21 bits per heavy atom. The molecule has 0 saturated carbocycles. The molecule has 1 fully saturated rings. The third-order valence-corrected chi connectivity index (χ3v) is 4.72. The van der Waals surface area contributed by atoms with E-state index in [0.29, 0.717) is 44.3 Å². The van der Waals surface area contributed by atoms with Gasteiger partial charge in [0, 0.05) is 44.9 Å². The molecule has 1 N–H and O–H groups in total. The quantitative estimate of drug-likeness (QED) is 0.626. The molecule has 0 unspecified atom stereocenters. The zero-order valence-electron chi connectivity index (χ0n) is 16.6. The number of guanidine groups is 1. The van der Waals surface area contributed by atoms with E-state index in [2.05, 4.69) is 34.2 Å². The zero-order valence-corrected chi connectivity index (χ0v) is 16.6. The first-order valence-electron chi connectivity index (χ1n) is 9.66. The van der Waals surface area contributed by atoms with E-state index < -0.39 is 11.6 Å². The number of nitrogens with zero attached hydrogens (tertiary/aromatic N) is 4. The highest BCUT2D eigenvalue weighted by atomic mass is 19.1. The molecular weight excluding hydrogens is 364 g/mol. The van der Waals surface area contributed by atoms with Gasteiger partial charge in [0.2, 0.25) is 0 Å². The summed E-state index contributed by atoms with van der Waals surface area (Å²) in [5.41, 5.74) is 1.23. The first-order chi connectivity index (χ1) is 13.5. The topological polar surface area (TPSA) is 56.9 Å². The van der Waals surface area contributed by atoms with Crippen molar-refractivity contribution < 1.29 is 13.3 Å². The molecule has 2 heterocycles. The number of hydrogen-bond donors (Lipinski definition) is 1. The molecule has 28 heavy (non-hydrogen) atoms. The number of hydrogen-bond acceptors (Lipinski definition) is 4. The smallest absolute Gasteiger partial charge is 0.194 e. The second kappa shape index (κ2) is 9.03. The average molecular weight is 391 g/mol. The van der Waals surface area contributed by atoms with Gasteiger partial charge in [0.1, 0.15) is 18.2 Å². The Kier molecular flexibility index (Phi) is 6.49. The highest BCUT2D eigenvalue weighted by Crippen LogP contribution is 2.22. The molecule has 2 aromatic rings. The standard InChI is InChI=1S/C20H27F2N5O/c1-4-23-20(24-13-16-12-18(14(2)3)25-28-16)27-9-7-26(8-10-27)19-11-15(21)5-6-17(19)22/h5-6,11-12,14H,4,7-10,13H2,1-3H3,(H,23,24). The number of aliphatic imine (C=N–C) groups is 1. The molecule has 0 amide bonds. The van der Waals surface area contributed by atoms with Crippen LogP contribution in [0.25, 0.3) is 0 Å². The van der Waals surface area contributed by atoms with E-state index in [1.165, 1.54) is 12.1 Å². The Morgan fingerprint density at radius 2 is 1.96 bits per heavy atom. The molecule has 0 spiro atoms. The molecule has 8 heteroatoms. The molecule has 152 valence electrons. The van der Waals surface area contributed by atoms with Gasteiger partial charge in [-0.25, -0.2) is 13.8 Å². The summed E-state index contributed by atoms with van der Waals surface area (Å²) in [7, 11) is 0. The lowest BCUT2D eigenvalue weighted by molar-refractivity contribution is 0.362. The van der Waals surface area contributed by atoms with Crippen molar-refractivity contribution in [2.24, 2.45) is 4.99 Å². The van der Waals surface area contributed by atoms with E-state index in [0.717, 1.165) is 30.0 Å². The molecule has 1 saturated heterocycles. The number of anilines is 1. The second-order valence-electron chi connectivity index (χ2n) is 7.11. The second-order valence-corrected chi connectivity index (χ2v) is 7.11. The third-order valence-electron chi connectivity index (χ3n) is 4.72. The van der Waals surface area contributed by atoms with Crippen molar-refractivity contribution in [1.29, 1.82) is 0 Å². The predicted octanol–water partition coefficient (Wildman–Crippen LogP) is 3.36. The minimum absolute atomic E-state index is 0.310. The van der Waals surface area contributed by atoms with Crippen molar-refractivity contribution >= 4 is 11.6 Å². The van der Waals surface area contributed by atoms with Gasteiger partial charge in [0.25, 0.3) is 0 Å². The van der Waals surface area contributed by atoms with Crippen LogP contribution in [0.5, 0.6) is 0 Å². The van der Waals surface area contributed by atoms with Crippen molar-refractivity contribution in [3.63, 3.8) is 0 Å². The van der Waals surface area contributed by atoms with Gasteiger partial charge in [-0.05, 0) is 25.0 Å². The Balaban J connectivity index is 1.64. The number of benzene rings is 1. The summed E-state index contributed by atoms with van der Waals surface area (Å²) in [5, 5.41) is 7.35. The van der Waals surface area contributed by atoms with Crippen molar-refractivity contribution in [3.05, 3.63) is 47.4 Å². The molecule has 0 atom stereocenters. The van der Waals surface area contributed by atoms with E-state index >= 15 is 0 Å². The minimum atomic E-state index is -0.429. The first-order valence-corrected chi connectivity index (χ1v) is 9.66. The molecule has 1 aromatic carbocycles. The van der Waals surface area contributed by atoms with E-state index in [1.807, 2.05) is 17.9 Å². The minimum Gasteiger partial charge on any atom is -0.366 e. The number of rotatable bonds is 5. The van der Waals surface area contributed by atoms with Crippen LogP contribution < -0.4 is 10.2 Å². The predicted molar refractivity (Wildman–Crippen MR) is 106 cm³/mol. The number of piperazine rings is 1. The van der Waals surface area contributed by atoms with Crippen molar-refractivity contribution in [2.45, 2.75) is 33.2 Å². The van der Waals surface area contributed by atoms with Crippen LogP contribution in [-0.4, -0.2) is 48.7 Å². The fraction of sp³-hybridized carbons (Fsp3) is 0.500. The van der Waals surface area contributed by atoms with Gasteiger partial charge in [0.05, 0.1) is 11.4 Å². The maximum absolute atomic E-state index is 14.0. The first kappa shape index (κ1) is 20.1. The molecule has 3 rings (SSSR count). The summed E-state index contributed by atoms with van der Waals surface area (Å²) in [6.07, 6.45) is 0.